The molecule has 0 heterocycles. The number of esters is 3. The van der Waals surface area contributed by atoms with Gasteiger partial charge in [0.25, 0.3) is 0 Å². The van der Waals surface area contributed by atoms with E-state index in [2.05, 4.69) is 142 Å². The van der Waals surface area contributed by atoms with E-state index >= 15 is 0 Å². The van der Waals surface area contributed by atoms with Crippen molar-refractivity contribution < 1.29 is 75.8 Å². The van der Waals surface area contributed by atoms with E-state index < -0.39 is 91.5 Å². The summed E-state index contributed by atoms with van der Waals surface area (Å²) in [4.78, 5) is 58.7. The lowest BCUT2D eigenvalue weighted by Crippen LogP contribution is -2.30. The maximum atomic E-state index is 13.0. The first-order chi connectivity index (χ1) is 50.2. The molecule has 0 radical (unpaired) electrons. The second-order valence-corrected chi connectivity index (χ2v) is 30.1. The first kappa shape index (κ1) is 98.9. The summed E-state index contributed by atoms with van der Waals surface area (Å²) < 4.78 is 61.2. The van der Waals surface area contributed by atoms with Gasteiger partial charge in [-0.1, -0.05) is 328 Å². The Morgan fingerprint density at radius 2 is 0.515 bits per heavy atom. The maximum Gasteiger partial charge on any atom is 0.472 e. The number of carbonyl (C=O) groups is 3. The van der Waals surface area contributed by atoms with Crippen molar-refractivity contribution in [2.45, 2.75) is 360 Å². The van der Waals surface area contributed by atoms with E-state index in [1.165, 1.54) is 128 Å². The fourth-order valence-corrected chi connectivity index (χ4v) is 12.6. The number of aliphatic hydroxyl groups excluding tert-OH is 2. The van der Waals surface area contributed by atoms with Gasteiger partial charge in [-0.15, -0.1) is 0 Å². The molecule has 0 aliphatic heterocycles. The Kier molecular flexibility index (Phi) is 74.5. The van der Waals surface area contributed by atoms with Crippen molar-refractivity contribution in [2.75, 3.05) is 39.6 Å². The van der Waals surface area contributed by atoms with Crippen molar-refractivity contribution >= 4 is 33.6 Å². The van der Waals surface area contributed by atoms with Crippen LogP contribution in [0.5, 0.6) is 0 Å². The summed E-state index contributed by atoms with van der Waals surface area (Å²) in [6.07, 6.45) is 92.5. The van der Waals surface area contributed by atoms with E-state index in [1.54, 1.807) is 0 Å². The third-order valence-electron chi connectivity index (χ3n) is 17.2. The van der Waals surface area contributed by atoms with Gasteiger partial charge in [0.1, 0.15) is 25.4 Å². The third kappa shape index (κ3) is 78.8. The van der Waals surface area contributed by atoms with E-state index in [4.69, 9.17) is 32.3 Å². The molecule has 5 unspecified atom stereocenters. The number of rotatable bonds is 77. The number of hydrogen-bond donors (Lipinski definition) is 4. The zero-order valence-electron chi connectivity index (χ0n) is 65.0. The summed E-state index contributed by atoms with van der Waals surface area (Å²) in [5, 5.41) is 20.6. The summed E-state index contributed by atoms with van der Waals surface area (Å²) in [6, 6.07) is 0. The van der Waals surface area contributed by atoms with Gasteiger partial charge in [0, 0.05) is 19.3 Å². The number of ether oxygens (including phenoxy) is 3. The lowest BCUT2D eigenvalue weighted by Gasteiger charge is -2.21. The van der Waals surface area contributed by atoms with Gasteiger partial charge in [-0.05, 0) is 116 Å². The largest absolute Gasteiger partial charge is 0.472 e. The molecule has 0 aromatic carbocycles. The van der Waals surface area contributed by atoms with E-state index in [0.29, 0.717) is 19.3 Å². The Balaban J connectivity index is 4.47. The molecular formula is C85H148O16P2. The number of hydrogen-bond acceptors (Lipinski definition) is 14. The molecule has 103 heavy (non-hydrogen) atoms. The van der Waals surface area contributed by atoms with Crippen LogP contribution in [-0.2, 0) is 55.8 Å². The smallest absolute Gasteiger partial charge is 0.463 e. The zero-order chi connectivity index (χ0) is 75.2. The third-order valence-corrected chi connectivity index (χ3v) is 19.1. The van der Waals surface area contributed by atoms with Crippen LogP contribution in [0.25, 0.3) is 0 Å². The molecule has 0 rings (SSSR count). The van der Waals surface area contributed by atoms with Crippen molar-refractivity contribution in [3.05, 3.63) is 122 Å². The van der Waals surface area contributed by atoms with Crippen molar-refractivity contribution in [2.24, 2.45) is 0 Å². The highest BCUT2D eigenvalue weighted by molar-refractivity contribution is 7.47. The molecule has 0 aromatic rings. The summed E-state index contributed by atoms with van der Waals surface area (Å²) >= 11 is 0. The van der Waals surface area contributed by atoms with Crippen LogP contribution in [0.15, 0.2) is 122 Å². The van der Waals surface area contributed by atoms with Crippen LogP contribution < -0.4 is 0 Å². The van der Waals surface area contributed by atoms with Gasteiger partial charge in [-0.2, -0.15) is 0 Å². The standard InChI is InChI=1S/C85H148O16P2/c1-4-7-10-13-16-19-22-25-27-29-31-33-35-36-37-38-39-40-41-42-44-46-47-49-51-54-56-59-62-65-68-71-83(88)95-74-80(86)75-97-102(91,92)98-76-81(87)77-99-103(93,94)100-79-82(101-85(90)73-70-67-64-61-58-53-24-21-18-15-12-9-6-3)78-96-84(89)72-69-66-63-60-57-55-52-50-48-45-43-34-32-30-28-26-23-20-17-14-11-8-5-2/h7,10,16-17,19-20,25-28,31-34,36-37,39-40,45,48,80-82,86-87H,4-6,8-9,11-15,18,21-24,29-30,35,38,41-44,46-47,49-79H2,1-3H3,(H,91,92)(H,93,94)/b10-7-,19-16-,20-17-,27-25-,28-26-,33-31-,34-32-,37-36-,40-39-,48-45-. The lowest BCUT2D eigenvalue weighted by molar-refractivity contribution is -0.161. The minimum Gasteiger partial charge on any atom is -0.463 e. The molecule has 5 atom stereocenters. The van der Waals surface area contributed by atoms with Gasteiger partial charge in [0.15, 0.2) is 6.10 Å². The van der Waals surface area contributed by atoms with Crippen LogP contribution in [0.4, 0.5) is 0 Å². The molecule has 16 nitrogen and oxygen atoms in total. The number of unbranched alkanes of at least 4 members (excludes halogenated alkanes) is 34. The normalized spacial score (nSPS) is 14.6. The van der Waals surface area contributed by atoms with Crippen molar-refractivity contribution in [3.63, 3.8) is 0 Å². The quantitative estimate of drug-likeness (QED) is 0.0146. The molecule has 0 spiro atoms. The van der Waals surface area contributed by atoms with Crippen LogP contribution in [0, 0.1) is 0 Å². The number of carbonyl (C=O) groups excluding carboxylic acids is 3. The molecule has 18 heteroatoms. The fraction of sp³-hybridized carbons (Fsp3) is 0.729. The Morgan fingerprint density at radius 3 is 0.835 bits per heavy atom. The molecule has 4 N–H and O–H groups in total. The Bertz CT molecular complexity index is 2360. The Morgan fingerprint density at radius 1 is 0.282 bits per heavy atom. The van der Waals surface area contributed by atoms with E-state index in [-0.39, 0.29) is 19.3 Å². The highest BCUT2D eigenvalue weighted by Crippen LogP contribution is 2.45. The average Bonchev–Trinajstić information content (AvgIpc) is 0.914. The van der Waals surface area contributed by atoms with E-state index in [1.807, 2.05) is 0 Å². The highest BCUT2D eigenvalue weighted by atomic mass is 31.2. The summed E-state index contributed by atoms with van der Waals surface area (Å²) in [5.41, 5.74) is 0. The topological polar surface area (TPSA) is 231 Å². The molecule has 0 saturated carbocycles. The van der Waals surface area contributed by atoms with E-state index in [9.17, 15) is 43.5 Å². The predicted molar refractivity (Wildman–Crippen MR) is 427 cm³/mol. The van der Waals surface area contributed by atoms with Crippen LogP contribution in [-0.4, -0.2) is 95.9 Å². The molecule has 0 aliphatic carbocycles. The van der Waals surface area contributed by atoms with Gasteiger partial charge in [0.05, 0.1) is 26.4 Å². The van der Waals surface area contributed by atoms with Gasteiger partial charge >= 0.3 is 33.6 Å². The highest BCUT2D eigenvalue weighted by Gasteiger charge is 2.29. The Hall–Kier alpha value is -4.05. The average molecular weight is 1490 g/mol. The number of phosphoric ester groups is 2. The van der Waals surface area contributed by atoms with E-state index in [0.717, 1.165) is 154 Å². The van der Waals surface area contributed by atoms with Gasteiger partial charge in [0.2, 0.25) is 0 Å². The van der Waals surface area contributed by atoms with Gasteiger partial charge < -0.3 is 34.2 Å². The molecule has 0 aliphatic rings. The number of allylic oxidation sites excluding steroid dienone is 20. The second kappa shape index (κ2) is 77.6. The minimum absolute atomic E-state index is 0.104. The van der Waals surface area contributed by atoms with Crippen molar-refractivity contribution in [1.82, 2.24) is 0 Å². The predicted octanol–water partition coefficient (Wildman–Crippen LogP) is 24.1. The maximum absolute atomic E-state index is 13.0. The van der Waals surface area contributed by atoms with Crippen LogP contribution in [0.2, 0.25) is 0 Å². The van der Waals surface area contributed by atoms with Crippen LogP contribution in [0.1, 0.15) is 342 Å². The van der Waals surface area contributed by atoms with Crippen LogP contribution in [0.3, 0.4) is 0 Å². The molecular weight excluding hydrogens is 1340 g/mol. The summed E-state index contributed by atoms with van der Waals surface area (Å²) in [7, 11) is -9.79. The van der Waals surface area contributed by atoms with Crippen LogP contribution >= 0.6 is 15.6 Å². The minimum atomic E-state index is -4.93. The molecule has 0 fully saturated rings. The van der Waals surface area contributed by atoms with Crippen molar-refractivity contribution in [1.29, 1.82) is 0 Å². The number of aliphatic hydroxyl groups is 2. The van der Waals surface area contributed by atoms with Gasteiger partial charge in [-0.3, -0.25) is 32.5 Å². The lowest BCUT2D eigenvalue weighted by atomic mass is 10.0. The summed E-state index contributed by atoms with van der Waals surface area (Å²) in [6.45, 7) is 2.55. The molecule has 0 amide bonds. The monoisotopic (exact) mass is 1490 g/mol. The SMILES string of the molecule is CC/C=C\C/C=C\C/C=C\C/C=C\C/C=C\C/C=C\CCCCCCCCCCCCCCC(=O)OCC(O)COP(=O)(O)OCC(O)COP(=O)(O)OCC(COC(=O)CCCCCCCCC/C=C\C/C=C\C/C=C\C/C=C\CCCCC)OC(=O)CCCCCCCCCCCCCCC. The Labute approximate surface area is 627 Å². The first-order valence-electron chi connectivity index (χ1n) is 40.8. The zero-order valence-corrected chi connectivity index (χ0v) is 66.7. The van der Waals surface area contributed by atoms with Crippen molar-refractivity contribution in [3.8, 4) is 0 Å². The molecule has 0 bridgehead atoms. The fourth-order valence-electron chi connectivity index (χ4n) is 11.0. The molecule has 0 saturated heterocycles. The van der Waals surface area contributed by atoms with Gasteiger partial charge in [-0.25, -0.2) is 9.13 Å². The molecule has 0 aromatic heterocycles. The molecule has 594 valence electrons. The number of phosphoric acid groups is 2. The summed E-state index contributed by atoms with van der Waals surface area (Å²) in [5.74, 6) is -1.58. The second-order valence-electron chi connectivity index (χ2n) is 27.2. The first-order valence-corrected chi connectivity index (χ1v) is 43.8.